The Bertz CT molecular complexity index is 707. The van der Waals surface area contributed by atoms with Gasteiger partial charge in [0, 0.05) is 32.2 Å². The molecule has 1 aliphatic carbocycles. The van der Waals surface area contributed by atoms with Gasteiger partial charge in [0.15, 0.2) is 0 Å². The smallest absolute Gasteiger partial charge is 0.243 e. The van der Waals surface area contributed by atoms with Gasteiger partial charge in [-0.05, 0) is 43.7 Å². The highest BCUT2D eigenvalue weighted by atomic mass is 32.2. The highest BCUT2D eigenvalue weighted by molar-refractivity contribution is 7.89. The zero-order valence-electron chi connectivity index (χ0n) is 14.1. The molecule has 0 bridgehead atoms. The Hall–Kier alpha value is -0.950. The van der Waals surface area contributed by atoms with E-state index in [-0.39, 0.29) is 5.60 Å². The Morgan fingerprint density at radius 3 is 2.67 bits per heavy atom. The summed E-state index contributed by atoms with van der Waals surface area (Å²) in [5, 5.41) is 0. The van der Waals surface area contributed by atoms with Gasteiger partial charge in [0.05, 0.1) is 11.5 Å². The third-order valence-corrected chi connectivity index (χ3v) is 7.52. The summed E-state index contributed by atoms with van der Waals surface area (Å²) in [5.41, 5.74) is 0.453. The monoisotopic (exact) mass is 351 g/mol. The summed E-state index contributed by atoms with van der Waals surface area (Å²) in [6.45, 7) is 4.97. The van der Waals surface area contributed by atoms with Crippen molar-refractivity contribution in [3.63, 3.8) is 0 Å². The van der Waals surface area contributed by atoms with Crippen LogP contribution in [0.2, 0.25) is 0 Å². The molecule has 0 N–H and O–H groups in total. The number of ether oxygens (including phenoxy) is 2. The van der Waals surface area contributed by atoms with Gasteiger partial charge in [-0.3, -0.25) is 0 Å². The minimum absolute atomic E-state index is 0.305. The minimum Gasteiger partial charge on any atom is -0.381 e. The fraction of sp³-hybridized carbons (Fsp3) is 0.667. The summed E-state index contributed by atoms with van der Waals surface area (Å²) in [7, 11) is -3.43. The highest BCUT2D eigenvalue weighted by Gasteiger charge is 2.56. The summed E-state index contributed by atoms with van der Waals surface area (Å²) in [5.74, 6) is 1.06. The standard InChI is InChI=1S/C18H25NO4S/c1-14-4-2-3-5-17(14)24(20,21)19-12-18(13-19)16(8-9-23-18)11-22-10-15-6-7-15/h2-5,15-16H,6-13H2,1H3/t16-/m0/s1. The zero-order chi connectivity index (χ0) is 16.8. The minimum atomic E-state index is -3.43. The van der Waals surface area contributed by atoms with Gasteiger partial charge >= 0.3 is 0 Å². The number of rotatable bonds is 6. The lowest BCUT2D eigenvalue weighted by molar-refractivity contribution is -0.114. The van der Waals surface area contributed by atoms with Crippen molar-refractivity contribution < 1.29 is 17.9 Å². The molecule has 6 heteroatoms. The van der Waals surface area contributed by atoms with Crippen molar-refractivity contribution in [3.8, 4) is 0 Å². The van der Waals surface area contributed by atoms with E-state index in [9.17, 15) is 8.42 Å². The van der Waals surface area contributed by atoms with Crippen molar-refractivity contribution in [2.45, 2.75) is 36.7 Å². The van der Waals surface area contributed by atoms with Crippen LogP contribution in [-0.2, 0) is 19.5 Å². The second kappa shape index (κ2) is 6.09. The van der Waals surface area contributed by atoms with E-state index in [2.05, 4.69) is 0 Å². The first kappa shape index (κ1) is 16.5. The molecule has 24 heavy (non-hydrogen) atoms. The number of hydrogen-bond acceptors (Lipinski definition) is 4. The van der Waals surface area contributed by atoms with Crippen molar-refractivity contribution in [2.75, 3.05) is 32.9 Å². The maximum Gasteiger partial charge on any atom is 0.243 e. The van der Waals surface area contributed by atoms with Crippen LogP contribution in [0.15, 0.2) is 29.2 Å². The van der Waals surface area contributed by atoms with E-state index in [4.69, 9.17) is 9.47 Å². The van der Waals surface area contributed by atoms with Gasteiger partial charge in [0.2, 0.25) is 10.0 Å². The number of aryl methyl sites for hydroxylation is 1. The van der Waals surface area contributed by atoms with Crippen LogP contribution in [0.1, 0.15) is 24.8 Å². The molecule has 5 nitrogen and oxygen atoms in total. The summed E-state index contributed by atoms with van der Waals surface area (Å²) in [6, 6.07) is 7.15. The van der Waals surface area contributed by atoms with Crippen LogP contribution in [0.25, 0.3) is 0 Å². The molecule has 2 heterocycles. The maximum atomic E-state index is 12.8. The molecule has 2 aliphatic heterocycles. The summed E-state index contributed by atoms with van der Waals surface area (Å²) < 4.78 is 39.0. The molecule has 0 aromatic heterocycles. The van der Waals surface area contributed by atoms with Crippen LogP contribution in [0.5, 0.6) is 0 Å². The molecule has 1 atom stereocenters. The van der Waals surface area contributed by atoms with E-state index < -0.39 is 10.0 Å². The van der Waals surface area contributed by atoms with Gasteiger partial charge < -0.3 is 9.47 Å². The molecular formula is C18H25NO4S. The fourth-order valence-corrected chi connectivity index (χ4v) is 5.52. The third kappa shape index (κ3) is 2.90. The quantitative estimate of drug-likeness (QED) is 0.788. The SMILES string of the molecule is Cc1ccccc1S(=O)(=O)N1CC2(C1)OCC[C@H]2COCC1CC1. The van der Waals surface area contributed by atoms with Gasteiger partial charge in [-0.25, -0.2) is 8.42 Å². The van der Waals surface area contributed by atoms with Crippen LogP contribution in [0.4, 0.5) is 0 Å². The number of hydrogen-bond donors (Lipinski definition) is 0. The van der Waals surface area contributed by atoms with E-state index in [1.54, 1.807) is 16.4 Å². The first-order chi connectivity index (χ1) is 11.5. The number of nitrogens with zero attached hydrogens (tertiary/aromatic N) is 1. The third-order valence-electron chi connectivity index (χ3n) is 5.57. The molecule has 1 spiro atoms. The molecule has 3 fully saturated rings. The van der Waals surface area contributed by atoms with Crippen molar-refractivity contribution in [1.29, 1.82) is 0 Å². The number of benzene rings is 1. The topological polar surface area (TPSA) is 55.8 Å². The first-order valence-corrected chi connectivity index (χ1v) is 10.2. The Kier molecular flexibility index (Phi) is 4.19. The van der Waals surface area contributed by atoms with Gasteiger partial charge in [-0.1, -0.05) is 18.2 Å². The van der Waals surface area contributed by atoms with E-state index in [1.807, 2.05) is 19.1 Å². The first-order valence-electron chi connectivity index (χ1n) is 8.79. The lowest BCUT2D eigenvalue weighted by Gasteiger charge is -2.49. The van der Waals surface area contributed by atoms with Crippen LogP contribution < -0.4 is 0 Å². The van der Waals surface area contributed by atoms with Gasteiger partial charge in [0.25, 0.3) is 0 Å². The van der Waals surface area contributed by atoms with Crippen molar-refractivity contribution in [3.05, 3.63) is 29.8 Å². The Morgan fingerprint density at radius 1 is 1.21 bits per heavy atom. The molecule has 0 amide bonds. The molecule has 0 unspecified atom stereocenters. The summed E-state index contributed by atoms with van der Waals surface area (Å²) in [6.07, 6.45) is 3.53. The van der Waals surface area contributed by atoms with Crippen LogP contribution >= 0.6 is 0 Å². The molecule has 1 aromatic rings. The van der Waals surface area contributed by atoms with E-state index in [0.717, 1.165) is 24.5 Å². The molecule has 2 saturated heterocycles. The van der Waals surface area contributed by atoms with Gasteiger partial charge in [-0.2, -0.15) is 4.31 Å². The fourth-order valence-electron chi connectivity index (χ4n) is 3.74. The Morgan fingerprint density at radius 2 is 1.96 bits per heavy atom. The van der Waals surface area contributed by atoms with Gasteiger partial charge in [-0.15, -0.1) is 0 Å². The lowest BCUT2D eigenvalue weighted by atomic mass is 9.83. The summed E-state index contributed by atoms with van der Waals surface area (Å²) >= 11 is 0. The zero-order valence-corrected chi connectivity index (χ0v) is 14.9. The molecule has 1 saturated carbocycles. The maximum absolute atomic E-state index is 12.8. The summed E-state index contributed by atoms with van der Waals surface area (Å²) in [4.78, 5) is 0.402. The molecule has 3 aliphatic rings. The van der Waals surface area contributed by atoms with E-state index >= 15 is 0 Å². The molecule has 132 valence electrons. The molecular weight excluding hydrogens is 326 g/mol. The predicted octanol–water partition coefficient (Wildman–Crippen LogP) is 2.20. The number of sulfonamides is 1. The molecule has 4 rings (SSSR count). The van der Waals surface area contributed by atoms with E-state index in [1.165, 1.54) is 12.8 Å². The lowest BCUT2D eigenvalue weighted by Crippen LogP contribution is -2.66. The normalized spacial score (nSPS) is 26.6. The second-order valence-electron chi connectivity index (χ2n) is 7.42. The highest BCUT2D eigenvalue weighted by Crippen LogP contribution is 2.42. The van der Waals surface area contributed by atoms with Crippen molar-refractivity contribution in [2.24, 2.45) is 11.8 Å². The van der Waals surface area contributed by atoms with Crippen molar-refractivity contribution in [1.82, 2.24) is 4.31 Å². The van der Waals surface area contributed by atoms with Crippen LogP contribution in [0, 0.1) is 18.8 Å². The van der Waals surface area contributed by atoms with Crippen LogP contribution in [-0.4, -0.2) is 51.2 Å². The Labute approximate surface area is 144 Å². The van der Waals surface area contributed by atoms with Gasteiger partial charge in [0.1, 0.15) is 5.60 Å². The average molecular weight is 351 g/mol. The molecule has 1 aromatic carbocycles. The second-order valence-corrected chi connectivity index (χ2v) is 9.32. The van der Waals surface area contributed by atoms with Crippen molar-refractivity contribution >= 4 is 10.0 Å². The average Bonchev–Trinajstić information content (AvgIpc) is 3.23. The Balaban J connectivity index is 1.41. The van der Waals surface area contributed by atoms with E-state index in [0.29, 0.717) is 37.1 Å². The predicted molar refractivity (Wildman–Crippen MR) is 90.3 cm³/mol. The van der Waals surface area contributed by atoms with Crippen LogP contribution in [0.3, 0.4) is 0 Å². The molecule has 0 radical (unpaired) electrons. The largest absolute Gasteiger partial charge is 0.381 e.